The minimum atomic E-state index is -2.44. The SMILES string of the molecule is CC(N)=NNC(C)=NS(=O)[O-]. The second-order valence-corrected chi connectivity index (χ2v) is 2.38. The second-order valence-electron chi connectivity index (χ2n) is 1.76. The predicted octanol–water partition coefficient (Wildman–Crippen LogP) is -0.919. The van der Waals surface area contributed by atoms with Crippen LogP contribution in [0.3, 0.4) is 0 Å². The third-order valence-corrected chi connectivity index (χ3v) is 1.03. The van der Waals surface area contributed by atoms with E-state index in [2.05, 4.69) is 14.9 Å². The minimum absolute atomic E-state index is 0.170. The lowest BCUT2D eigenvalue weighted by atomic mass is 10.7. The van der Waals surface area contributed by atoms with Crippen LogP contribution in [0.1, 0.15) is 13.8 Å². The first-order valence-corrected chi connectivity index (χ1v) is 3.76. The van der Waals surface area contributed by atoms with Gasteiger partial charge < -0.3 is 10.3 Å². The van der Waals surface area contributed by atoms with Gasteiger partial charge in [0.05, 0.1) is 11.3 Å². The lowest BCUT2D eigenvalue weighted by molar-refractivity contribution is 0.539. The Hall–Kier alpha value is -0.950. The minimum Gasteiger partial charge on any atom is -0.754 e. The fraction of sp³-hybridized carbons (Fsp3) is 0.500. The number of rotatable bonds is 2. The molecule has 1 unspecified atom stereocenters. The molecule has 0 aromatic heterocycles. The van der Waals surface area contributed by atoms with Gasteiger partial charge in [0.25, 0.3) is 0 Å². The summed E-state index contributed by atoms with van der Waals surface area (Å²) in [7, 11) is 0. The summed E-state index contributed by atoms with van der Waals surface area (Å²) in [4.78, 5) is 0. The van der Waals surface area contributed by atoms with Gasteiger partial charge in [-0.1, -0.05) is 0 Å². The highest BCUT2D eigenvalue weighted by molar-refractivity contribution is 7.77. The number of amidine groups is 2. The van der Waals surface area contributed by atoms with E-state index in [0.717, 1.165) is 0 Å². The smallest absolute Gasteiger partial charge is 0.129 e. The summed E-state index contributed by atoms with van der Waals surface area (Å²) >= 11 is -2.44. The van der Waals surface area contributed by atoms with Crippen LogP contribution in [0.5, 0.6) is 0 Å². The molecule has 0 saturated carbocycles. The summed E-state index contributed by atoms with van der Waals surface area (Å²) in [5.74, 6) is 0.472. The quantitative estimate of drug-likeness (QED) is 0.246. The first-order chi connectivity index (χ1) is 5.02. The number of hydrazone groups is 1. The molecule has 0 aliphatic rings. The van der Waals surface area contributed by atoms with Gasteiger partial charge in [-0.25, -0.2) is 0 Å². The molecule has 0 rings (SSSR count). The molecule has 0 bridgehead atoms. The van der Waals surface area contributed by atoms with Gasteiger partial charge in [-0.05, 0) is 13.8 Å². The highest BCUT2D eigenvalue weighted by atomic mass is 32.2. The lowest BCUT2D eigenvalue weighted by Crippen LogP contribution is -2.19. The van der Waals surface area contributed by atoms with Crippen molar-refractivity contribution >= 4 is 22.9 Å². The molecule has 0 aromatic carbocycles. The van der Waals surface area contributed by atoms with E-state index in [0.29, 0.717) is 5.84 Å². The predicted molar refractivity (Wildman–Crippen MR) is 42.5 cm³/mol. The van der Waals surface area contributed by atoms with Gasteiger partial charge in [0.15, 0.2) is 0 Å². The van der Waals surface area contributed by atoms with E-state index < -0.39 is 11.3 Å². The molecule has 1 atom stereocenters. The first kappa shape index (κ1) is 10.0. The van der Waals surface area contributed by atoms with Crippen LogP contribution in [0.2, 0.25) is 0 Å². The normalized spacial score (nSPS) is 16.3. The van der Waals surface area contributed by atoms with Crippen LogP contribution in [0.25, 0.3) is 0 Å². The van der Waals surface area contributed by atoms with E-state index in [4.69, 9.17) is 5.73 Å². The molecule has 64 valence electrons. The van der Waals surface area contributed by atoms with Crippen LogP contribution >= 0.6 is 0 Å². The van der Waals surface area contributed by atoms with Gasteiger partial charge in [-0.3, -0.25) is 9.63 Å². The number of nitrogens with two attached hydrogens (primary N) is 1. The van der Waals surface area contributed by atoms with E-state index in [1.807, 2.05) is 0 Å². The zero-order chi connectivity index (χ0) is 8.85. The molecule has 7 heteroatoms. The van der Waals surface area contributed by atoms with Crippen molar-refractivity contribution < 1.29 is 8.76 Å². The molecule has 0 spiro atoms. The molecular weight excluding hydrogens is 168 g/mol. The van der Waals surface area contributed by atoms with Crippen LogP contribution in [0.4, 0.5) is 0 Å². The Bertz CT molecular complexity index is 208. The van der Waals surface area contributed by atoms with Crippen LogP contribution in [-0.2, 0) is 11.3 Å². The topological polar surface area (TPSA) is 103 Å². The van der Waals surface area contributed by atoms with Gasteiger partial charge in [0.2, 0.25) is 0 Å². The van der Waals surface area contributed by atoms with E-state index in [9.17, 15) is 8.76 Å². The molecule has 0 aliphatic heterocycles. The Morgan fingerprint density at radius 2 is 2.18 bits per heavy atom. The highest BCUT2D eigenvalue weighted by Gasteiger charge is 1.85. The van der Waals surface area contributed by atoms with Crippen LogP contribution in [0.15, 0.2) is 9.50 Å². The molecule has 3 N–H and O–H groups in total. The standard InChI is InChI=1S/C4H10N4O2S/c1-3(5)6-7-4(2)8-11(9)10/h1-2H3,(H2,5,6)(H,7,8)(H,9,10)/p-1. The van der Waals surface area contributed by atoms with E-state index in [1.54, 1.807) is 6.92 Å². The number of nitrogens with zero attached hydrogens (tertiary/aromatic N) is 2. The number of hydrogen-bond acceptors (Lipinski definition) is 3. The molecule has 11 heavy (non-hydrogen) atoms. The Morgan fingerprint density at radius 3 is 2.55 bits per heavy atom. The van der Waals surface area contributed by atoms with E-state index >= 15 is 0 Å². The van der Waals surface area contributed by atoms with Gasteiger partial charge in [-0.2, -0.15) is 9.50 Å². The fourth-order valence-corrected chi connectivity index (χ4v) is 0.566. The molecule has 0 aromatic rings. The highest BCUT2D eigenvalue weighted by Crippen LogP contribution is 1.77. The molecule has 0 fully saturated rings. The maximum atomic E-state index is 9.95. The number of hydrogen-bond donors (Lipinski definition) is 2. The van der Waals surface area contributed by atoms with Crippen molar-refractivity contribution in [3.05, 3.63) is 0 Å². The van der Waals surface area contributed by atoms with Crippen molar-refractivity contribution in [2.75, 3.05) is 0 Å². The van der Waals surface area contributed by atoms with E-state index in [1.165, 1.54) is 6.92 Å². The van der Waals surface area contributed by atoms with Crippen molar-refractivity contribution in [1.29, 1.82) is 0 Å². The van der Waals surface area contributed by atoms with Crippen molar-refractivity contribution in [3.63, 3.8) is 0 Å². The Labute approximate surface area is 67.0 Å². The Kier molecular flexibility index (Phi) is 4.39. The second kappa shape index (κ2) is 4.80. The van der Waals surface area contributed by atoms with Crippen molar-refractivity contribution in [2.45, 2.75) is 13.8 Å². The Balaban J connectivity index is 3.97. The number of nitrogens with one attached hydrogen (secondary N) is 1. The maximum Gasteiger partial charge on any atom is 0.129 e. The van der Waals surface area contributed by atoms with Gasteiger partial charge in [-0.15, -0.1) is 0 Å². The van der Waals surface area contributed by atoms with Crippen LogP contribution in [0, 0.1) is 0 Å². The lowest BCUT2D eigenvalue weighted by Gasteiger charge is -2.00. The zero-order valence-electron chi connectivity index (χ0n) is 6.20. The molecule has 0 radical (unpaired) electrons. The van der Waals surface area contributed by atoms with Gasteiger partial charge >= 0.3 is 0 Å². The van der Waals surface area contributed by atoms with Gasteiger partial charge in [0, 0.05) is 0 Å². The summed E-state index contributed by atoms with van der Waals surface area (Å²) in [6, 6.07) is 0. The molecule has 0 amide bonds. The molecule has 0 aliphatic carbocycles. The summed E-state index contributed by atoms with van der Waals surface area (Å²) in [6.45, 7) is 3.02. The van der Waals surface area contributed by atoms with Crippen LogP contribution < -0.4 is 11.2 Å². The zero-order valence-corrected chi connectivity index (χ0v) is 7.01. The molecule has 0 heterocycles. The largest absolute Gasteiger partial charge is 0.754 e. The first-order valence-electron chi connectivity index (χ1n) is 2.73. The monoisotopic (exact) mass is 177 g/mol. The molecule has 6 nitrogen and oxygen atoms in total. The molecule has 0 saturated heterocycles. The van der Waals surface area contributed by atoms with Crippen molar-refractivity contribution in [2.24, 2.45) is 15.2 Å². The third-order valence-electron chi connectivity index (χ3n) is 0.606. The average molecular weight is 177 g/mol. The summed E-state index contributed by atoms with van der Waals surface area (Å²) in [5, 5.41) is 3.52. The van der Waals surface area contributed by atoms with Crippen molar-refractivity contribution in [3.8, 4) is 0 Å². The third kappa shape index (κ3) is 6.94. The summed E-state index contributed by atoms with van der Waals surface area (Å²) < 4.78 is 23.0. The van der Waals surface area contributed by atoms with Gasteiger partial charge in [0.1, 0.15) is 11.7 Å². The Morgan fingerprint density at radius 1 is 1.64 bits per heavy atom. The fourth-order valence-electron chi connectivity index (χ4n) is 0.301. The summed E-state index contributed by atoms with van der Waals surface area (Å²) in [5.41, 5.74) is 7.48. The van der Waals surface area contributed by atoms with E-state index in [-0.39, 0.29) is 5.84 Å². The maximum absolute atomic E-state index is 9.95. The summed E-state index contributed by atoms with van der Waals surface area (Å²) in [6.07, 6.45) is 0. The average Bonchev–Trinajstić information content (AvgIpc) is 1.82. The molecular formula is C4H9N4O2S-. The van der Waals surface area contributed by atoms with Crippen molar-refractivity contribution in [1.82, 2.24) is 5.43 Å². The van der Waals surface area contributed by atoms with Crippen LogP contribution in [-0.4, -0.2) is 20.4 Å².